The molecule has 28 heavy (non-hydrogen) atoms. The van der Waals surface area contributed by atoms with E-state index in [1.165, 1.54) is 69.9 Å². The van der Waals surface area contributed by atoms with Crippen LogP contribution < -0.4 is 4.72 Å². The van der Waals surface area contributed by atoms with Crippen molar-refractivity contribution < 1.29 is 23.1 Å². The van der Waals surface area contributed by atoms with Crippen LogP contribution >= 0.6 is 0 Å². The number of benzene rings is 1. The molecule has 0 saturated carbocycles. The van der Waals surface area contributed by atoms with E-state index in [0.29, 0.717) is 6.42 Å². The highest BCUT2D eigenvalue weighted by atomic mass is 32.2. The molecule has 0 fully saturated rings. The molecule has 0 saturated heterocycles. The largest absolute Gasteiger partial charge is 0.481 e. The van der Waals surface area contributed by atoms with Crippen molar-refractivity contribution in [3.05, 3.63) is 29.8 Å². The SMILES string of the molecule is CCCCCCCCCCCCCC(=O)O.O=C1NS(=O)(=O)c2ccccc21. The average Bonchev–Trinajstić information content (AvgIpc) is 2.89. The minimum absolute atomic E-state index is 0.0648. The molecular formula is C21H33NO5S. The second-order valence-electron chi connectivity index (χ2n) is 7.11. The number of rotatable bonds is 12. The van der Waals surface area contributed by atoms with Crippen molar-refractivity contribution in [3.8, 4) is 0 Å². The van der Waals surface area contributed by atoms with Gasteiger partial charge in [0.2, 0.25) is 0 Å². The summed E-state index contributed by atoms with van der Waals surface area (Å²) < 4.78 is 24.2. The van der Waals surface area contributed by atoms with Crippen LogP contribution in [0.25, 0.3) is 0 Å². The lowest BCUT2D eigenvalue weighted by atomic mass is 10.1. The monoisotopic (exact) mass is 411 g/mol. The number of carbonyl (C=O) groups is 2. The van der Waals surface area contributed by atoms with Gasteiger partial charge in [-0.1, -0.05) is 83.3 Å². The van der Waals surface area contributed by atoms with Crippen molar-refractivity contribution in [2.75, 3.05) is 0 Å². The van der Waals surface area contributed by atoms with Gasteiger partial charge >= 0.3 is 5.97 Å². The summed E-state index contributed by atoms with van der Waals surface area (Å²) in [4.78, 5) is 21.3. The Morgan fingerprint density at radius 1 is 0.893 bits per heavy atom. The van der Waals surface area contributed by atoms with E-state index in [-0.39, 0.29) is 10.5 Å². The summed E-state index contributed by atoms with van der Waals surface area (Å²) in [6, 6.07) is 6.09. The average molecular weight is 412 g/mol. The standard InChI is InChI=1S/C14H28O2.C7H5NO3S/c1-2-3-4-5-6-7-8-9-10-11-12-13-14(15)16;9-7-5-3-1-2-4-6(5)12(10,11)8-7/h2-13H2,1H3,(H,15,16);1-4H,(H,8,9). The Morgan fingerprint density at radius 3 is 1.89 bits per heavy atom. The summed E-state index contributed by atoms with van der Waals surface area (Å²) in [6.07, 6.45) is 14.4. The van der Waals surface area contributed by atoms with Gasteiger partial charge in [-0.2, -0.15) is 0 Å². The van der Waals surface area contributed by atoms with Crippen LogP contribution in [0, 0.1) is 0 Å². The Balaban J connectivity index is 0.000000289. The third-order valence-corrected chi connectivity index (χ3v) is 6.03. The predicted molar refractivity (Wildman–Crippen MR) is 110 cm³/mol. The molecule has 2 N–H and O–H groups in total. The highest BCUT2D eigenvalue weighted by Crippen LogP contribution is 2.20. The molecule has 0 radical (unpaired) electrons. The zero-order valence-electron chi connectivity index (χ0n) is 16.8. The van der Waals surface area contributed by atoms with Crippen LogP contribution in [0.3, 0.4) is 0 Å². The van der Waals surface area contributed by atoms with E-state index >= 15 is 0 Å². The number of nitrogens with one attached hydrogen (secondary N) is 1. The second kappa shape index (κ2) is 13.3. The molecule has 1 aromatic rings. The lowest BCUT2D eigenvalue weighted by Crippen LogP contribution is -2.20. The molecule has 0 spiro atoms. The molecule has 0 aromatic heterocycles. The van der Waals surface area contributed by atoms with Crippen LogP contribution in [0.4, 0.5) is 0 Å². The number of carboxylic acid groups (broad SMARTS) is 1. The van der Waals surface area contributed by atoms with Gasteiger partial charge in [0.15, 0.2) is 0 Å². The summed E-state index contributed by atoms with van der Waals surface area (Å²) in [7, 11) is -3.55. The molecule has 1 heterocycles. The lowest BCUT2D eigenvalue weighted by molar-refractivity contribution is -0.137. The number of hydrogen-bond donors (Lipinski definition) is 2. The summed E-state index contributed by atoms with van der Waals surface area (Å²) in [5, 5.41) is 8.46. The summed E-state index contributed by atoms with van der Waals surface area (Å²) in [5.74, 6) is -1.21. The zero-order valence-corrected chi connectivity index (χ0v) is 17.6. The molecular weight excluding hydrogens is 378 g/mol. The fourth-order valence-corrected chi connectivity index (χ4v) is 4.23. The normalized spacial score (nSPS) is 14.0. The maximum atomic E-state index is 11.1. The first-order valence-corrected chi connectivity index (χ1v) is 11.7. The van der Waals surface area contributed by atoms with Crippen LogP contribution in [-0.2, 0) is 14.8 Å². The number of carboxylic acids is 1. The molecule has 1 amide bonds. The maximum Gasteiger partial charge on any atom is 0.303 e. The van der Waals surface area contributed by atoms with Gasteiger partial charge in [-0.3, -0.25) is 9.59 Å². The minimum Gasteiger partial charge on any atom is -0.481 e. The minimum atomic E-state index is -3.55. The first kappa shape index (κ1) is 24.1. The summed E-state index contributed by atoms with van der Waals surface area (Å²) in [5.41, 5.74) is 0.220. The van der Waals surface area contributed by atoms with Crippen molar-refractivity contribution in [2.45, 2.75) is 88.9 Å². The number of sulfonamides is 1. The molecule has 7 heteroatoms. The predicted octanol–water partition coefficient (Wildman–Crippen LogP) is 4.89. The number of aliphatic carboxylic acids is 1. The Kier molecular flexibility index (Phi) is 11.5. The molecule has 0 atom stereocenters. The number of carbonyl (C=O) groups excluding carboxylic acids is 1. The lowest BCUT2D eigenvalue weighted by Gasteiger charge is -2.01. The quantitative estimate of drug-likeness (QED) is 0.477. The first-order chi connectivity index (χ1) is 13.4. The van der Waals surface area contributed by atoms with Gasteiger partial charge < -0.3 is 5.11 Å². The molecule has 158 valence electrons. The van der Waals surface area contributed by atoms with E-state index in [1.54, 1.807) is 12.1 Å². The summed E-state index contributed by atoms with van der Waals surface area (Å²) in [6.45, 7) is 2.25. The molecule has 1 aromatic carbocycles. The number of fused-ring (bicyclic) bond motifs is 1. The van der Waals surface area contributed by atoms with E-state index in [9.17, 15) is 18.0 Å². The second-order valence-corrected chi connectivity index (χ2v) is 8.76. The van der Waals surface area contributed by atoms with Gasteiger partial charge in [0.1, 0.15) is 4.90 Å². The first-order valence-electron chi connectivity index (χ1n) is 10.3. The van der Waals surface area contributed by atoms with Crippen LogP contribution in [-0.4, -0.2) is 25.4 Å². The van der Waals surface area contributed by atoms with Gasteiger partial charge in [0.05, 0.1) is 5.56 Å². The van der Waals surface area contributed by atoms with Crippen LogP contribution in [0.5, 0.6) is 0 Å². The van der Waals surface area contributed by atoms with Crippen molar-refractivity contribution in [1.29, 1.82) is 0 Å². The topological polar surface area (TPSA) is 101 Å². The zero-order chi connectivity index (χ0) is 20.8. The summed E-state index contributed by atoms with van der Waals surface area (Å²) >= 11 is 0. The molecule has 6 nitrogen and oxygen atoms in total. The molecule has 0 aliphatic carbocycles. The Labute approximate surface area is 168 Å². The van der Waals surface area contributed by atoms with Gasteiger partial charge in [-0.15, -0.1) is 0 Å². The van der Waals surface area contributed by atoms with Crippen molar-refractivity contribution in [1.82, 2.24) is 4.72 Å². The van der Waals surface area contributed by atoms with E-state index in [4.69, 9.17) is 5.11 Å². The van der Waals surface area contributed by atoms with E-state index in [2.05, 4.69) is 6.92 Å². The highest BCUT2D eigenvalue weighted by molar-refractivity contribution is 7.90. The van der Waals surface area contributed by atoms with Crippen LogP contribution in [0.15, 0.2) is 29.2 Å². The van der Waals surface area contributed by atoms with E-state index in [0.717, 1.165) is 12.8 Å². The third kappa shape index (κ3) is 9.35. The van der Waals surface area contributed by atoms with Crippen LogP contribution in [0.2, 0.25) is 0 Å². The van der Waals surface area contributed by atoms with Gasteiger partial charge in [0, 0.05) is 6.42 Å². The Hall–Kier alpha value is -1.89. The molecule has 0 bridgehead atoms. The smallest absolute Gasteiger partial charge is 0.303 e. The molecule has 1 aliphatic heterocycles. The van der Waals surface area contributed by atoms with Crippen molar-refractivity contribution in [2.24, 2.45) is 0 Å². The highest BCUT2D eigenvalue weighted by Gasteiger charge is 2.31. The van der Waals surface area contributed by atoms with Crippen LogP contribution in [0.1, 0.15) is 94.3 Å². The molecule has 0 unspecified atom stereocenters. The van der Waals surface area contributed by atoms with Gasteiger partial charge in [-0.05, 0) is 18.6 Å². The van der Waals surface area contributed by atoms with E-state index in [1.807, 2.05) is 4.72 Å². The maximum absolute atomic E-state index is 11.1. The van der Waals surface area contributed by atoms with E-state index < -0.39 is 21.9 Å². The number of unbranched alkanes of at least 4 members (excludes halogenated alkanes) is 10. The third-order valence-electron chi connectivity index (χ3n) is 4.64. The Bertz CT molecular complexity index is 715. The number of amides is 1. The van der Waals surface area contributed by atoms with Crippen molar-refractivity contribution >= 4 is 21.9 Å². The fourth-order valence-electron chi connectivity index (χ4n) is 3.06. The molecule has 1 aliphatic rings. The van der Waals surface area contributed by atoms with Gasteiger partial charge in [0.25, 0.3) is 15.9 Å². The Morgan fingerprint density at radius 2 is 1.39 bits per heavy atom. The molecule has 2 rings (SSSR count). The number of hydrogen-bond acceptors (Lipinski definition) is 4. The van der Waals surface area contributed by atoms with Gasteiger partial charge in [-0.25, -0.2) is 13.1 Å². The van der Waals surface area contributed by atoms with Crippen molar-refractivity contribution in [3.63, 3.8) is 0 Å². The fraction of sp³-hybridized carbons (Fsp3) is 0.619.